The SMILES string of the molecule is C/C=C(/C=O)CC/C=C(\C)CCC(=O)C(C)C. The van der Waals surface area contributed by atoms with Gasteiger partial charge < -0.3 is 0 Å². The summed E-state index contributed by atoms with van der Waals surface area (Å²) in [6.45, 7) is 7.79. The molecule has 0 aliphatic rings. The number of aldehydes is 1. The van der Waals surface area contributed by atoms with Crippen LogP contribution in [-0.2, 0) is 9.59 Å². The molecule has 0 rings (SSSR count). The first-order valence-electron chi connectivity index (χ1n) is 6.30. The van der Waals surface area contributed by atoms with Gasteiger partial charge in [0.15, 0.2) is 0 Å². The highest BCUT2D eigenvalue weighted by atomic mass is 16.1. The predicted molar refractivity (Wildman–Crippen MR) is 71.9 cm³/mol. The first-order valence-corrected chi connectivity index (χ1v) is 6.30. The Morgan fingerprint density at radius 2 is 1.82 bits per heavy atom. The maximum absolute atomic E-state index is 11.4. The lowest BCUT2D eigenvalue weighted by Crippen LogP contribution is -2.06. The Balaban J connectivity index is 3.95. The Kier molecular flexibility index (Phi) is 8.29. The number of carbonyl (C=O) groups excluding carboxylic acids is 2. The summed E-state index contributed by atoms with van der Waals surface area (Å²) in [5.41, 5.74) is 2.08. The van der Waals surface area contributed by atoms with Crippen molar-refractivity contribution in [3.63, 3.8) is 0 Å². The van der Waals surface area contributed by atoms with Gasteiger partial charge in [-0.2, -0.15) is 0 Å². The number of carbonyl (C=O) groups is 2. The average Bonchev–Trinajstić information content (AvgIpc) is 2.31. The van der Waals surface area contributed by atoms with Crippen LogP contribution in [0.5, 0.6) is 0 Å². The van der Waals surface area contributed by atoms with Crippen LogP contribution in [0.1, 0.15) is 53.4 Å². The van der Waals surface area contributed by atoms with Crippen molar-refractivity contribution in [2.45, 2.75) is 53.4 Å². The maximum Gasteiger partial charge on any atom is 0.145 e. The van der Waals surface area contributed by atoms with E-state index in [9.17, 15) is 9.59 Å². The van der Waals surface area contributed by atoms with Crippen LogP contribution in [0.2, 0.25) is 0 Å². The summed E-state index contributed by atoms with van der Waals surface area (Å²) in [7, 11) is 0. The maximum atomic E-state index is 11.4. The fourth-order valence-corrected chi connectivity index (χ4v) is 1.47. The van der Waals surface area contributed by atoms with E-state index in [4.69, 9.17) is 0 Å². The summed E-state index contributed by atoms with van der Waals surface area (Å²) < 4.78 is 0. The molecular weight excluding hydrogens is 212 g/mol. The van der Waals surface area contributed by atoms with Crippen LogP contribution in [0.25, 0.3) is 0 Å². The molecule has 0 atom stereocenters. The number of hydrogen-bond donors (Lipinski definition) is 0. The molecule has 0 saturated carbocycles. The van der Waals surface area contributed by atoms with Gasteiger partial charge in [-0.3, -0.25) is 9.59 Å². The summed E-state index contributed by atoms with van der Waals surface area (Å²) in [5, 5.41) is 0. The van der Waals surface area contributed by atoms with Crippen LogP contribution >= 0.6 is 0 Å². The molecular formula is C15H24O2. The van der Waals surface area contributed by atoms with Crippen molar-refractivity contribution in [3.05, 3.63) is 23.3 Å². The number of ketones is 1. The minimum absolute atomic E-state index is 0.132. The van der Waals surface area contributed by atoms with E-state index in [0.717, 1.165) is 31.1 Å². The minimum atomic E-state index is 0.132. The molecule has 0 saturated heterocycles. The number of allylic oxidation sites excluding steroid dienone is 4. The van der Waals surface area contributed by atoms with Crippen LogP contribution in [0.4, 0.5) is 0 Å². The molecule has 0 heterocycles. The van der Waals surface area contributed by atoms with E-state index in [-0.39, 0.29) is 5.92 Å². The fourth-order valence-electron chi connectivity index (χ4n) is 1.47. The third-order valence-electron chi connectivity index (χ3n) is 2.86. The van der Waals surface area contributed by atoms with Crippen molar-refractivity contribution in [1.82, 2.24) is 0 Å². The molecule has 2 heteroatoms. The molecule has 0 fully saturated rings. The normalized spacial score (nSPS) is 13.0. The molecule has 0 amide bonds. The number of Topliss-reactive ketones (excluding diaryl/α,β-unsaturated/α-hetero) is 1. The molecule has 96 valence electrons. The van der Waals surface area contributed by atoms with Crippen LogP contribution in [-0.4, -0.2) is 12.1 Å². The topological polar surface area (TPSA) is 34.1 Å². The summed E-state index contributed by atoms with van der Waals surface area (Å²) in [5.74, 6) is 0.451. The Labute approximate surface area is 105 Å². The van der Waals surface area contributed by atoms with Crippen LogP contribution in [0.15, 0.2) is 23.3 Å². The fraction of sp³-hybridized carbons (Fsp3) is 0.600. The highest BCUT2D eigenvalue weighted by Crippen LogP contribution is 2.11. The van der Waals surface area contributed by atoms with Gasteiger partial charge in [0.1, 0.15) is 12.1 Å². The van der Waals surface area contributed by atoms with Gasteiger partial charge in [-0.05, 0) is 38.7 Å². The Bertz CT molecular complexity index is 309. The summed E-state index contributed by atoms with van der Waals surface area (Å²) >= 11 is 0. The van der Waals surface area contributed by atoms with Crippen molar-refractivity contribution in [2.24, 2.45) is 5.92 Å². The lowest BCUT2D eigenvalue weighted by molar-refractivity contribution is -0.121. The van der Waals surface area contributed by atoms with Gasteiger partial charge in [-0.15, -0.1) is 0 Å². The highest BCUT2D eigenvalue weighted by molar-refractivity contribution is 5.80. The zero-order valence-corrected chi connectivity index (χ0v) is 11.5. The number of hydrogen-bond acceptors (Lipinski definition) is 2. The summed E-state index contributed by atoms with van der Waals surface area (Å²) in [6, 6.07) is 0. The van der Waals surface area contributed by atoms with E-state index in [1.807, 2.05) is 33.8 Å². The lowest BCUT2D eigenvalue weighted by atomic mass is 10.0. The first kappa shape index (κ1) is 15.8. The predicted octanol–water partition coefficient (Wildman–Crippen LogP) is 3.86. The number of rotatable bonds is 8. The van der Waals surface area contributed by atoms with Gasteiger partial charge in [0, 0.05) is 12.3 Å². The summed E-state index contributed by atoms with van der Waals surface area (Å²) in [4.78, 5) is 22.0. The smallest absolute Gasteiger partial charge is 0.145 e. The second-order valence-electron chi connectivity index (χ2n) is 4.69. The van der Waals surface area contributed by atoms with E-state index in [2.05, 4.69) is 6.08 Å². The van der Waals surface area contributed by atoms with Gasteiger partial charge in [-0.25, -0.2) is 0 Å². The van der Waals surface area contributed by atoms with Crippen molar-refractivity contribution in [2.75, 3.05) is 0 Å². The molecule has 0 aliphatic carbocycles. The highest BCUT2D eigenvalue weighted by Gasteiger charge is 2.06. The van der Waals surface area contributed by atoms with E-state index in [0.29, 0.717) is 12.2 Å². The van der Waals surface area contributed by atoms with Crippen molar-refractivity contribution < 1.29 is 9.59 Å². The average molecular weight is 236 g/mol. The molecule has 0 N–H and O–H groups in total. The second-order valence-corrected chi connectivity index (χ2v) is 4.69. The van der Waals surface area contributed by atoms with Gasteiger partial charge >= 0.3 is 0 Å². The van der Waals surface area contributed by atoms with E-state index < -0.39 is 0 Å². The second kappa shape index (κ2) is 8.91. The minimum Gasteiger partial charge on any atom is -0.299 e. The zero-order valence-electron chi connectivity index (χ0n) is 11.5. The van der Waals surface area contributed by atoms with Gasteiger partial charge in [-0.1, -0.05) is 31.6 Å². The third kappa shape index (κ3) is 7.67. The molecule has 0 aromatic carbocycles. The molecule has 0 unspecified atom stereocenters. The molecule has 2 nitrogen and oxygen atoms in total. The van der Waals surface area contributed by atoms with E-state index in [1.165, 1.54) is 5.57 Å². The van der Waals surface area contributed by atoms with Gasteiger partial charge in [0.25, 0.3) is 0 Å². The molecule has 0 radical (unpaired) electrons. The van der Waals surface area contributed by atoms with Crippen LogP contribution < -0.4 is 0 Å². The molecule has 0 aliphatic heterocycles. The zero-order chi connectivity index (χ0) is 13.3. The monoisotopic (exact) mass is 236 g/mol. The lowest BCUT2D eigenvalue weighted by Gasteiger charge is -2.04. The quantitative estimate of drug-likeness (QED) is 0.364. The molecule has 0 spiro atoms. The Hall–Kier alpha value is -1.18. The van der Waals surface area contributed by atoms with E-state index >= 15 is 0 Å². The van der Waals surface area contributed by atoms with Crippen molar-refractivity contribution in [3.8, 4) is 0 Å². The molecule has 17 heavy (non-hydrogen) atoms. The van der Waals surface area contributed by atoms with Crippen LogP contribution in [0, 0.1) is 5.92 Å². The van der Waals surface area contributed by atoms with Crippen molar-refractivity contribution >= 4 is 12.1 Å². The standard InChI is InChI=1S/C15H24O2/c1-5-14(11-16)8-6-7-13(4)9-10-15(17)12(2)3/h5,7,11-12H,6,8-10H2,1-4H3/b13-7+,14-5+. The Morgan fingerprint density at radius 3 is 2.29 bits per heavy atom. The van der Waals surface area contributed by atoms with Gasteiger partial charge in [0.2, 0.25) is 0 Å². The van der Waals surface area contributed by atoms with E-state index in [1.54, 1.807) is 0 Å². The largest absolute Gasteiger partial charge is 0.299 e. The first-order chi connectivity index (χ1) is 8.01. The van der Waals surface area contributed by atoms with Crippen molar-refractivity contribution in [1.29, 1.82) is 0 Å². The molecule has 0 bridgehead atoms. The van der Waals surface area contributed by atoms with Crippen LogP contribution in [0.3, 0.4) is 0 Å². The summed E-state index contributed by atoms with van der Waals surface area (Å²) in [6.07, 6.45) is 8.01. The molecule has 0 aromatic rings. The third-order valence-corrected chi connectivity index (χ3v) is 2.86. The molecule has 0 aromatic heterocycles. The van der Waals surface area contributed by atoms with Gasteiger partial charge in [0.05, 0.1) is 0 Å². The Morgan fingerprint density at radius 1 is 1.18 bits per heavy atom.